The Kier molecular flexibility index (Phi) is 2.55. The molecule has 0 atom stereocenters. The summed E-state index contributed by atoms with van der Waals surface area (Å²) in [5, 5.41) is 1.68. The predicted octanol–water partition coefficient (Wildman–Crippen LogP) is 4.10. The molecular formula is C14H13F. The van der Waals surface area contributed by atoms with E-state index >= 15 is 0 Å². The average molecular weight is 200 g/mol. The number of rotatable bonds is 2. The van der Waals surface area contributed by atoms with Crippen LogP contribution in [0.15, 0.2) is 48.6 Å². The molecule has 0 heterocycles. The van der Waals surface area contributed by atoms with Gasteiger partial charge < -0.3 is 0 Å². The molecule has 0 aliphatic rings. The first kappa shape index (κ1) is 9.91. The van der Waals surface area contributed by atoms with E-state index in [1.165, 1.54) is 6.07 Å². The van der Waals surface area contributed by atoms with Crippen LogP contribution in [-0.2, 0) is 6.42 Å². The maximum atomic E-state index is 13.5. The molecule has 2 rings (SSSR count). The normalized spacial score (nSPS) is 10.5. The Morgan fingerprint density at radius 3 is 2.47 bits per heavy atom. The van der Waals surface area contributed by atoms with Crippen molar-refractivity contribution in [2.45, 2.75) is 13.3 Å². The molecule has 0 spiro atoms. The van der Waals surface area contributed by atoms with E-state index in [0.717, 1.165) is 22.9 Å². The van der Waals surface area contributed by atoms with Gasteiger partial charge in [0.1, 0.15) is 5.82 Å². The van der Waals surface area contributed by atoms with Crippen molar-refractivity contribution in [3.8, 4) is 0 Å². The van der Waals surface area contributed by atoms with Crippen LogP contribution in [0.4, 0.5) is 4.39 Å². The molecule has 0 aliphatic carbocycles. The van der Waals surface area contributed by atoms with Gasteiger partial charge in [-0.3, -0.25) is 0 Å². The van der Waals surface area contributed by atoms with Crippen LogP contribution in [0.1, 0.15) is 12.5 Å². The predicted molar refractivity (Wildman–Crippen MR) is 62.4 cm³/mol. The van der Waals surface area contributed by atoms with Crippen LogP contribution in [0.25, 0.3) is 10.8 Å². The van der Waals surface area contributed by atoms with Crippen LogP contribution in [0, 0.1) is 5.82 Å². The zero-order chi connectivity index (χ0) is 10.8. The Bertz CT molecular complexity index is 512. The van der Waals surface area contributed by atoms with Crippen LogP contribution in [0.5, 0.6) is 0 Å². The first-order valence-electron chi connectivity index (χ1n) is 4.99. The highest BCUT2D eigenvalue weighted by molar-refractivity contribution is 5.86. The highest BCUT2D eigenvalue weighted by Gasteiger charge is 2.04. The Morgan fingerprint density at radius 2 is 1.80 bits per heavy atom. The van der Waals surface area contributed by atoms with E-state index in [1.54, 1.807) is 0 Å². The summed E-state index contributed by atoms with van der Waals surface area (Å²) in [6.45, 7) is 5.87. The standard InChI is InChI=1S/C14H13F/c1-10(2)9-11-7-8-14(15)13-6-4-3-5-12(11)13/h3-8H,1,9H2,2H3. The van der Waals surface area contributed by atoms with Gasteiger partial charge in [0.15, 0.2) is 0 Å². The molecule has 0 aliphatic heterocycles. The van der Waals surface area contributed by atoms with E-state index in [1.807, 2.05) is 37.3 Å². The average Bonchev–Trinajstić information content (AvgIpc) is 2.22. The summed E-state index contributed by atoms with van der Waals surface area (Å²) >= 11 is 0. The molecule has 0 saturated carbocycles. The van der Waals surface area contributed by atoms with Crippen molar-refractivity contribution in [1.82, 2.24) is 0 Å². The fourth-order valence-corrected chi connectivity index (χ4v) is 1.80. The number of allylic oxidation sites excluding steroid dienone is 1. The summed E-state index contributed by atoms with van der Waals surface area (Å²) in [4.78, 5) is 0. The van der Waals surface area contributed by atoms with Crippen molar-refractivity contribution in [3.05, 3.63) is 59.9 Å². The highest BCUT2D eigenvalue weighted by atomic mass is 19.1. The summed E-state index contributed by atoms with van der Waals surface area (Å²) < 4.78 is 13.5. The second-order valence-electron chi connectivity index (χ2n) is 3.89. The first-order valence-corrected chi connectivity index (χ1v) is 4.99. The molecule has 0 radical (unpaired) electrons. The van der Waals surface area contributed by atoms with Crippen LogP contribution in [-0.4, -0.2) is 0 Å². The van der Waals surface area contributed by atoms with Crippen LogP contribution >= 0.6 is 0 Å². The SMILES string of the molecule is C=C(C)Cc1ccc(F)c2ccccc12. The van der Waals surface area contributed by atoms with Crippen molar-refractivity contribution in [1.29, 1.82) is 0 Å². The molecule has 0 aromatic heterocycles. The lowest BCUT2D eigenvalue weighted by molar-refractivity contribution is 0.639. The van der Waals surface area contributed by atoms with E-state index in [2.05, 4.69) is 6.58 Å². The van der Waals surface area contributed by atoms with Gasteiger partial charge in [-0.1, -0.05) is 42.5 Å². The van der Waals surface area contributed by atoms with Gasteiger partial charge in [-0.05, 0) is 30.4 Å². The highest BCUT2D eigenvalue weighted by Crippen LogP contribution is 2.23. The third-order valence-electron chi connectivity index (χ3n) is 2.45. The summed E-state index contributed by atoms with van der Waals surface area (Å²) in [7, 11) is 0. The van der Waals surface area contributed by atoms with Crippen molar-refractivity contribution in [2.24, 2.45) is 0 Å². The van der Waals surface area contributed by atoms with E-state index < -0.39 is 0 Å². The minimum absolute atomic E-state index is 0.156. The van der Waals surface area contributed by atoms with Gasteiger partial charge in [0, 0.05) is 5.39 Å². The number of hydrogen-bond donors (Lipinski definition) is 0. The molecule has 0 fully saturated rings. The lowest BCUT2D eigenvalue weighted by Crippen LogP contribution is -1.90. The topological polar surface area (TPSA) is 0 Å². The summed E-state index contributed by atoms with van der Waals surface area (Å²) in [5.41, 5.74) is 2.23. The Hall–Kier alpha value is -1.63. The van der Waals surface area contributed by atoms with Crippen LogP contribution in [0.3, 0.4) is 0 Å². The van der Waals surface area contributed by atoms with Gasteiger partial charge in [0.25, 0.3) is 0 Å². The first-order chi connectivity index (χ1) is 7.18. The molecule has 0 N–H and O–H groups in total. The Morgan fingerprint density at radius 1 is 1.13 bits per heavy atom. The van der Waals surface area contributed by atoms with E-state index in [4.69, 9.17) is 0 Å². The van der Waals surface area contributed by atoms with Gasteiger partial charge in [0.05, 0.1) is 0 Å². The van der Waals surface area contributed by atoms with E-state index in [9.17, 15) is 4.39 Å². The van der Waals surface area contributed by atoms with Crippen molar-refractivity contribution in [2.75, 3.05) is 0 Å². The van der Waals surface area contributed by atoms with Gasteiger partial charge in [-0.2, -0.15) is 0 Å². The second-order valence-corrected chi connectivity index (χ2v) is 3.89. The lowest BCUT2D eigenvalue weighted by Gasteiger charge is -2.06. The summed E-state index contributed by atoms with van der Waals surface area (Å²) in [5.74, 6) is -0.156. The third-order valence-corrected chi connectivity index (χ3v) is 2.45. The number of benzene rings is 2. The minimum Gasteiger partial charge on any atom is -0.206 e. The van der Waals surface area contributed by atoms with Crippen molar-refractivity contribution < 1.29 is 4.39 Å². The van der Waals surface area contributed by atoms with Crippen molar-refractivity contribution in [3.63, 3.8) is 0 Å². The van der Waals surface area contributed by atoms with Crippen molar-refractivity contribution >= 4 is 10.8 Å². The van der Waals surface area contributed by atoms with E-state index in [0.29, 0.717) is 5.39 Å². The Balaban J connectivity index is 2.66. The lowest BCUT2D eigenvalue weighted by atomic mass is 9.99. The quantitative estimate of drug-likeness (QED) is 0.640. The minimum atomic E-state index is -0.156. The van der Waals surface area contributed by atoms with Gasteiger partial charge in [0.2, 0.25) is 0 Å². The zero-order valence-electron chi connectivity index (χ0n) is 8.76. The summed E-state index contributed by atoms with van der Waals surface area (Å²) in [6.07, 6.45) is 0.806. The molecule has 0 amide bonds. The number of fused-ring (bicyclic) bond motifs is 1. The maximum absolute atomic E-state index is 13.5. The molecule has 2 aromatic rings. The molecule has 1 heteroatoms. The second kappa shape index (κ2) is 3.85. The maximum Gasteiger partial charge on any atom is 0.131 e. The van der Waals surface area contributed by atoms with Gasteiger partial charge in [-0.25, -0.2) is 4.39 Å². The van der Waals surface area contributed by atoms with Crippen LogP contribution < -0.4 is 0 Å². The molecule has 76 valence electrons. The Labute approximate surface area is 89.0 Å². The molecule has 0 unspecified atom stereocenters. The third kappa shape index (κ3) is 1.91. The van der Waals surface area contributed by atoms with Crippen LogP contribution in [0.2, 0.25) is 0 Å². The molecule has 0 nitrogen and oxygen atoms in total. The fraction of sp³-hybridized carbons (Fsp3) is 0.143. The smallest absolute Gasteiger partial charge is 0.131 e. The number of hydrogen-bond acceptors (Lipinski definition) is 0. The fourth-order valence-electron chi connectivity index (χ4n) is 1.80. The molecular weight excluding hydrogens is 187 g/mol. The molecule has 15 heavy (non-hydrogen) atoms. The van der Waals surface area contributed by atoms with Gasteiger partial charge >= 0.3 is 0 Å². The molecule has 0 bridgehead atoms. The van der Waals surface area contributed by atoms with E-state index in [-0.39, 0.29) is 5.82 Å². The molecule has 2 aromatic carbocycles. The zero-order valence-corrected chi connectivity index (χ0v) is 8.76. The summed E-state index contributed by atoms with van der Waals surface area (Å²) in [6, 6.07) is 10.9. The molecule has 0 saturated heterocycles. The monoisotopic (exact) mass is 200 g/mol. The number of halogens is 1. The largest absolute Gasteiger partial charge is 0.206 e. The van der Waals surface area contributed by atoms with Gasteiger partial charge in [-0.15, -0.1) is 0 Å².